The van der Waals surface area contributed by atoms with Gasteiger partial charge in [-0.25, -0.2) is 0 Å². The molecule has 0 fully saturated rings. The van der Waals surface area contributed by atoms with Crippen LogP contribution in [0.4, 0.5) is 0 Å². The normalized spacial score (nSPS) is 10.7. The summed E-state index contributed by atoms with van der Waals surface area (Å²) in [5, 5.41) is 8.00. The zero-order valence-electron chi connectivity index (χ0n) is 9.86. The van der Waals surface area contributed by atoms with Gasteiger partial charge in [0.15, 0.2) is 0 Å². The summed E-state index contributed by atoms with van der Waals surface area (Å²) < 4.78 is 0. The summed E-state index contributed by atoms with van der Waals surface area (Å²) in [5.74, 6) is 0. The Kier molecular flexibility index (Phi) is 2.92. The molecule has 0 radical (unpaired) electrons. The SMILES string of the molecule is c1ccc(CCOn2nnc3ccccc32)cc1. The third-order valence-electron chi connectivity index (χ3n) is 2.77. The topological polar surface area (TPSA) is 39.9 Å². The molecule has 0 amide bonds. The van der Waals surface area contributed by atoms with E-state index in [1.807, 2.05) is 42.5 Å². The van der Waals surface area contributed by atoms with E-state index in [1.54, 1.807) is 0 Å². The number of fused-ring (bicyclic) bond motifs is 1. The molecule has 0 aliphatic carbocycles. The van der Waals surface area contributed by atoms with Crippen LogP contribution in [0.3, 0.4) is 0 Å². The summed E-state index contributed by atoms with van der Waals surface area (Å²) in [4.78, 5) is 7.09. The first-order chi connectivity index (χ1) is 8.93. The summed E-state index contributed by atoms with van der Waals surface area (Å²) in [6.45, 7) is 0.581. The van der Waals surface area contributed by atoms with Gasteiger partial charge in [0, 0.05) is 6.42 Å². The molecule has 0 atom stereocenters. The molecule has 1 aromatic heterocycles. The lowest BCUT2D eigenvalue weighted by molar-refractivity contribution is 0.0898. The summed E-state index contributed by atoms with van der Waals surface area (Å²) >= 11 is 0. The molecule has 90 valence electrons. The van der Waals surface area contributed by atoms with E-state index >= 15 is 0 Å². The van der Waals surface area contributed by atoms with Crippen LogP contribution in [-0.2, 0) is 6.42 Å². The Balaban J connectivity index is 1.67. The predicted octanol–water partition coefficient (Wildman–Crippen LogP) is 2.10. The van der Waals surface area contributed by atoms with Crippen LogP contribution in [0.2, 0.25) is 0 Å². The monoisotopic (exact) mass is 239 g/mol. The van der Waals surface area contributed by atoms with Crippen molar-refractivity contribution in [2.75, 3.05) is 6.61 Å². The molecule has 0 bridgehead atoms. The molecule has 0 saturated heterocycles. The van der Waals surface area contributed by atoms with Crippen LogP contribution in [0.1, 0.15) is 5.56 Å². The van der Waals surface area contributed by atoms with Crippen molar-refractivity contribution in [3.8, 4) is 0 Å². The van der Waals surface area contributed by atoms with Gasteiger partial charge in [0.2, 0.25) is 0 Å². The predicted molar refractivity (Wildman–Crippen MR) is 69.1 cm³/mol. The van der Waals surface area contributed by atoms with Gasteiger partial charge in [0.25, 0.3) is 0 Å². The van der Waals surface area contributed by atoms with Crippen LogP contribution in [0.5, 0.6) is 0 Å². The average molecular weight is 239 g/mol. The van der Waals surface area contributed by atoms with Crippen molar-refractivity contribution in [2.45, 2.75) is 6.42 Å². The van der Waals surface area contributed by atoms with Gasteiger partial charge < -0.3 is 4.84 Å². The van der Waals surface area contributed by atoms with Gasteiger partial charge in [-0.2, -0.15) is 0 Å². The lowest BCUT2D eigenvalue weighted by Gasteiger charge is -2.05. The fourth-order valence-corrected chi connectivity index (χ4v) is 1.84. The van der Waals surface area contributed by atoms with E-state index < -0.39 is 0 Å². The second kappa shape index (κ2) is 4.87. The number of rotatable bonds is 4. The maximum Gasteiger partial charge on any atom is 0.130 e. The molecule has 18 heavy (non-hydrogen) atoms. The highest BCUT2D eigenvalue weighted by atomic mass is 16.7. The Morgan fingerprint density at radius 3 is 2.61 bits per heavy atom. The number of para-hydroxylation sites is 1. The van der Waals surface area contributed by atoms with Crippen molar-refractivity contribution in [1.29, 1.82) is 0 Å². The Morgan fingerprint density at radius 2 is 1.72 bits per heavy atom. The number of aromatic nitrogens is 3. The molecule has 0 N–H and O–H groups in total. The van der Waals surface area contributed by atoms with Crippen LogP contribution in [0.15, 0.2) is 54.6 Å². The van der Waals surface area contributed by atoms with Crippen LogP contribution < -0.4 is 4.84 Å². The van der Waals surface area contributed by atoms with Gasteiger partial charge >= 0.3 is 0 Å². The maximum absolute atomic E-state index is 5.61. The molecule has 0 aliphatic rings. The smallest absolute Gasteiger partial charge is 0.130 e. The molecule has 3 rings (SSSR count). The van der Waals surface area contributed by atoms with Gasteiger partial charge in [0.05, 0.1) is 0 Å². The standard InChI is InChI=1S/C14H13N3O/c1-2-6-12(7-3-1)10-11-18-17-14-9-5-4-8-13(14)15-16-17/h1-9H,10-11H2. The molecule has 0 aliphatic heterocycles. The second-order valence-electron chi connectivity index (χ2n) is 4.02. The third-order valence-corrected chi connectivity index (χ3v) is 2.77. The van der Waals surface area contributed by atoms with E-state index in [0.29, 0.717) is 6.61 Å². The van der Waals surface area contributed by atoms with Crippen molar-refractivity contribution in [2.24, 2.45) is 0 Å². The number of nitrogens with zero attached hydrogens (tertiary/aromatic N) is 3. The van der Waals surface area contributed by atoms with E-state index in [4.69, 9.17) is 4.84 Å². The Morgan fingerprint density at radius 1 is 0.944 bits per heavy atom. The molecule has 4 nitrogen and oxygen atoms in total. The minimum atomic E-state index is 0.581. The second-order valence-corrected chi connectivity index (χ2v) is 4.02. The molecule has 3 aromatic rings. The van der Waals surface area contributed by atoms with Crippen molar-refractivity contribution in [3.63, 3.8) is 0 Å². The van der Waals surface area contributed by atoms with Crippen molar-refractivity contribution in [1.82, 2.24) is 15.2 Å². The summed E-state index contributed by atoms with van der Waals surface area (Å²) in [6.07, 6.45) is 0.856. The Bertz CT molecular complexity index is 634. The van der Waals surface area contributed by atoms with Crippen molar-refractivity contribution < 1.29 is 4.84 Å². The van der Waals surface area contributed by atoms with E-state index in [2.05, 4.69) is 22.4 Å². The van der Waals surface area contributed by atoms with Gasteiger partial charge in [-0.05, 0) is 22.9 Å². The summed E-state index contributed by atoms with van der Waals surface area (Å²) in [7, 11) is 0. The maximum atomic E-state index is 5.61. The first-order valence-electron chi connectivity index (χ1n) is 5.91. The van der Waals surface area contributed by atoms with Crippen LogP contribution in [0, 0.1) is 0 Å². The number of benzene rings is 2. The lowest BCUT2D eigenvalue weighted by Crippen LogP contribution is -2.15. The van der Waals surface area contributed by atoms with Crippen molar-refractivity contribution in [3.05, 3.63) is 60.2 Å². The largest absolute Gasteiger partial charge is 0.395 e. The van der Waals surface area contributed by atoms with E-state index in [0.717, 1.165) is 17.5 Å². The molecule has 0 unspecified atom stereocenters. The minimum absolute atomic E-state index is 0.581. The Labute approximate surface area is 105 Å². The molecular weight excluding hydrogens is 226 g/mol. The van der Waals surface area contributed by atoms with E-state index in [-0.39, 0.29) is 0 Å². The molecule has 0 spiro atoms. The highest BCUT2D eigenvalue weighted by Crippen LogP contribution is 2.08. The first-order valence-corrected chi connectivity index (χ1v) is 5.91. The van der Waals surface area contributed by atoms with Gasteiger partial charge in [-0.1, -0.05) is 47.3 Å². The molecule has 1 heterocycles. The molecule has 4 heteroatoms. The highest BCUT2D eigenvalue weighted by Gasteiger charge is 2.03. The molecular formula is C14H13N3O. The van der Waals surface area contributed by atoms with Crippen LogP contribution >= 0.6 is 0 Å². The zero-order valence-corrected chi connectivity index (χ0v) is 9.86. The van der Waals surface area contributed by atoms with Gasteiger partial charge in [-0.3, -0.25) is 0 Å². The first kappa shape index (κ1) is 10.8. The quantitative estimate of drug-likeness (QED) is 0.700. The Hall–Kier alpha value is -2.36. The van der Waals surface area contributed by atoms with Gasteiger partial charge in [-0.15, -0.1) is 5.10 Å². The highest BCUT2D eigenvalue weighted by molar-refractivity contribution is 5.73. The molecule has 0 saturated carbocycles. The zero-order chi connectivity index (χ0) is 12.2. The average Bonchev–Trinajstić information content (AvgIpc) is 2.84. The van der Waals surface area contributed by atoms with E-state index in [9.17, 15) is 0 Å². The third kappa shape index (κ3) is 2.18. The fraction of sp³-hybridized carbons (Fsp3) is 0.143. The van der Waals surface area contributed by atoms with Crippen LogP contribution in [-0.4, -0.2) is 21.8 Å². The number of hydrogen-bond donors (Lipinski definition) is 0. The number of hydrogen-bond acceptors (Lipinski definition) is 3. The fourth-order valence-electron chi connectivity index (χ4n) is 1.84. The minimum Gasteiger partial charge on any atom is -0.395 e. The van der Waals surface area contributed by atoms with Gasteiger partial charge in [0.1, 0.15) is 17.6 Å². The summed E-state index contributed by atoms with van der Waals surface area (Å²) in [6, 6.07) is 18.0. The summed E-state index contributed by atoms with van der Waals surface area (Å²) in [5.41, 5.74) is 2.99. The van der Waals surface area contributed by atoms with E-state index in [1.165, 1.54) is 10.4 Å². The molecule has 2 aromatic carbocycles. The van der Waals surface area contributed by atoms with Crippen molar-refractivity contribution >= 4 is 11.0 Å². The lowest BCUT2D eigenvalue weighted by atomic mass is 10.2. The van der Waals surface area contributed by atoms with Crippen LogP contribution in [0.25, 0.3) is 11.0 Å².